The molecule has 3 heterocycles. The zero-order valence-corrected chi connectivity index (χ0v) is 17.1. The van der Waals surface area contributed by atoms with Crippen molar-refractivity contribution >= 4 is 33.0 Å². The summed E-state index contributed by atoms with van der Waals surface area (Å²) in [6, 6.07) is 5.31. The summed E-state index contributed by atoms with van der Waals surface area (Å²) in [7, 11) is 0.995. The molecule has 0 aliphatic carbocycles. The number of aromatic nitrogens is 3. The molecule has 150 valence electrons. The Hall–Kier alpha value is -2.72. The van der Waals surface area contributed by atoms with Crippen molar-refractivity contribution in [1.29, 1.82) is 0 Å². The number of alkyl halides is 3. The standard InChI is InChI=1S/C19H14F3N3O2S2/c1-9-8-28-17(10(9)2)16-12-6-11(4-5-13(12)29-23-16)25-15(26)7-14(19(20,21)22)24(3)18(25)27/h4-8H,1-3H3. The fraction of sp³-hybridized carbons (Fsp3) is 0.211. The van der Waals surface area contributed by atoms with E-state index in [-0.39, 0.29) is 5.69 Å². The van der Waals surface area contributed by atoms with Gasteiger partial charge in [-0.25, -0.2) is 9.36 Å². The molecule has 0 atom stereocenters. The van der Waals surface area contributed by atoms with Gasteiger partial charge in [0.05, 0.1) is 15.3 Å². The van der Waals surface area contributed by atoms with Gasteiger partial charge in [0.25, 0.3) is 5.56 Å². The summed E-state index contributed by atoms with van der Waals surface area (Å²) < 4.78 is 45.8. The van der Waals surface area contributed by atoms with Crippen LogP contribution in [-0.4, -0.2) is 13.5 Å². The lowest BCUT2D eigenvalue weighted by Gasteiger charge is -2.14. The van der Waals surface area contributed by atoms with E-state index < -0.39 is 23.1 Å². The molecule has 4 rings (SSSR count). The number of halogens is 3. The van der Waals surface area contributed by atoms with Gasteiger partial charge in [0.2, 0.25) is 0 Å². The average Bonchev–Trinajstić information content (AvgIpc) is 3.20. The van der Waals surface area contributed by atoms with Crippen molar-refractivity contribution in [2.75, 3.05) is 0 Å². The van der Waals surface area contributed by atoms with Gasteiger partial charge in [0.15, 0.2) is 0 Å². The molecule has 0 saturated carbocycles. The van der Waals surface area contributed by atoms with Gasteiger partial charge >= 0.3 is 11.9 Å². The van der Waals surface area contributed by atoms with Crippen LogP contribution in [0, 0.1) is 13.8 Å². The number of hydrogen-bond donors (Lipinski definition) is 0. The number of nitrogens with zero attached hydrogens (tertiary/aromatic N) is 3. The highest BCUT2D eigenvalue weighted by Crippen LogP contribution is 2.38. The van der Waals surface area contributed by atoms with Gasteiger partial charge in [0, 0.05) is 18.5 Å². The van der Waals surface area contributed by atoms with Crippen molar-refractivity contribution in [2.45, 2.75) is 20.0 Å². The number of hydrogen-bond acceptors (Lipinski definition) is 5. The summed E-state index contributed by atoms with van der Waals surface area (Å²) >= 11 is 2.83. The molecule has 0 radical (unpaired) electrons. The van der Waals surface area contributed by atoms with E-state index in [0.717, 1.165) is 43.4 Å². The summed E-state index contributed by atoms with van der Waals surface area (Å²) in [4.78, 5) is 25.9. The minimum atomic E-state index is -4.80. The van der Waals surface area contributed by atoms with Crippen LogP contribution in [0.15, 0.2) is 39.2 Å². The molecule has 5 nitrogen and oxygen atoms in total. The van der Waals surface area contributed by atoms with E-state index in [9.17, 15) is 22.8 Å². The van der Waals surface area contributed by atoms with Crippen molar-refractivity contribution in [1.82, 2.24) is 13.5 Å². The molecule has 0 aliphatic heterocycles. The first-order chi connectivity index (χ1) is 13.6. The zero-order valence-electron chi connectivity index (χ0n) is 15.5. The van der Waals surface area contributed by atoms with Gasteiger partial charge in [-0.3, -0.25) is 9.36 Å². The fourth-order valence-corrected chi connectivity index (χ4v) is 5.00. The molecule has 0 saturated heterocycles. The van der Waals surface area contributed by atoms with E-state index in [0.29, 0.717) is 10.6 Å². The summed E-state index contributed by atoms with van der Waals surface area (Å²) in [5.74, 6) is 0. The van der Waals surface area contributed by atoms with Crippen LogP contribution in [0.5, 0.6) is 0 Å². The number of fused-ring (bicyclic) bond motifs is 1. The van der Waals surface area contributed by atoms with Gasteiger partial charge in [-0.15, -0.1) is 11.3 Å². The lowest BCUT2D eigenvalue weighted by molar-refractivity contribution is -0.144. The molecule has 29 heavy (non-hydrogen) atoms. The number of benzene rings is 1. The fourth-order valence-electron chi connectivity index (χ4n) is 3.10. The summed E-state index contributed by atoms with van der Waals surface area (Å²) in [5, 5.41) is 2.77. The minimum absolute atomic E-state index is 0.198. The number of rotatable bonds is 2. The molecule has 10 heteroatoms. The first kappa shape index (κ1) is 19.6. The average molecular weight is 437 g/mol. The maximum Gasteiger partial charge on any atom is 0.431 e. The topological polar surface area (TPSA) is 56.9 Å². The van der Waals surface area contributed by atoms with Crippen LogP contribution in [0.4, 0.5) is 13.2 Å². The Bertz CT molecular complexity index is 1380. The highest BCUT2D eigenvalue weighted by molar-refractivity contribution is 7.16. The summed E-state index contributed by atoms with van der Waals surface area (Å²) in [5.41, 5.74) is -0.217. The van der Waals surface area contributed by atoms with Crippen molar-refractivity contribution in [3.63, 3.8) is 0 Å². The van der Waals surface area contributed by atoms with Crippen LogP contribution in [0.1, 0.15) is 16.8 Å². The first-order valence-corrected chi connectivity index (χ1v) is 10.1. The summed E-state index contributed by atoms with van der Waals surface area (Å²) in [6.45, 7) is 3.99. The Kier molecular flexibility index (Phi) is 4.50. The van der Waals surface area contributed by atoms with Crippen LogP contribution in [0.25, 0.3) is 26.3 Å². The maximum atomic E-state index is 13.1. The van der Waals surface area contributed by atoms with Gasteiger partial charge in [-0.2, -0.15) is 17.5 Å². The molecule has 0 unspecified atom stereocenters. The molecule has 0 amide bonds. The van der Waals surface area contributed by atoms with Crippen LogP contribution in [-0.2, 0) is 13.2 Å². The molecular weight excluding hydrogens is 423 g/mol. The third kappa shape index (κ3) is 3.12. The zero-order chi connectivity index (χ0) is 21.1. The molecule has 0 bridgehead atoms. The third-order valence-electron chi connectivity index (χ3n) is 4.82. The van der Waals surface area contributed by atoms with E-state index in [2.05, 4.69) is 4.37 Å². The molecule has 0 aliphatic rings. The van der Waals surface area contributed by atoms with E-state index in [1.165, 1.54) is 17.6 Å². The Morgan fingerprint density at radius 3 is 2.45 bits per heavy atom. The van der Waals surface area contributed by atoms with Crippen LogP contribution < -0.4 is 11.2 Å². The SMILES string of the molecule is Cc1csc(-c2nsc3ccc(-n4c(=O)cc(C(F)(F)F)n(C)c4=O)cc23)c1C. The predicted octanol–water partition coefficient (Wildman–Crippen LogP) is 4.51. The van der Waals surface area contributed by atoms with Gasteiger partial charge < -0.3 is 0 Å². The lowest BCUT2D eigenvalue weighted by atomic mass is 10.1. The van der Waals surface area contributed by atoms with Gasteiger partial charge in [0.1, 0.15) is 11.4 Å². The van der Waals surface area contributed by atoms with Crippen molar-refractivity contribution in [3.05, 3.63) is 67.3 Å². The minimum Gasteiger partial charge on any atom is -0.292 e. The van der Waals surface area contributed by atoms with E-state index in [1.54, 1.807) is 23.5 Å². The molecule has 0 N–H and O–H groups in total. The Labute approximate surface area is 170 Å². The monoisotopic (exact) mass is 437 g/mol. The van der Waals surface area contributed by atoms with Crippen LogP contribution in [0.3, 0.4) is 0 Å². The number of aryl methyl sites for hydroxylation is 1. The van der Waals surface area contributed by atoms with E-state index in [1.807, 2.05) is 19.2 Å². The first-order valence-electron chi connectivity index (χ1n) is 8.44. The second-order valence-corrected chi connectivity index (χ2v) is 8.31. The highest BCUT2D eigenvalue weighted by atomic mass is 32.1. The van der Waals surface area contributed by atoms with Gasteiger partial charge in [-0.05, 0) is 60.1 Å². The largest absolute Gasteiger partial charge is 0.431 e. The second-order valence-electron chi connectivity index (χ2n) is 6.63. The lowest BCUT2D eigenvalue weighted by Crippen LogP contribution is -2.40. The Morgan fingerprint density at radius 1 is 1.10 bits per heavy atom. The summed E-state index contributed by atoms with van der Waals surface area (Å²) in [6.07, 6.45) is -4.80. The Balaban J connectivity index is 1.96. The third-order valence-corrected chi connectivity index (χ3v) is 6.86. The quantitative estimate of drug-likeness (QED) is 0.464. The molecule has 0 spiro atoms. The normalized spacial score (nSPS) is 12.1. The van der Waals surface area contributed by atoms with Gasteiger partial charge in [-0.1, -0.05) is 0 Å². The second kappa shape index (κ2) is 6.67. The molecule has 0 fully saturated rings. The van der Waals surface area contributed by atoms with Crippen LogP contribution in [0.2, 0.25) is 0 Å². The van der Waals surface area contributed by atoms with Crippen molar-refractivity contribution in [2.24, 2.45) is 7.05 Å². The van der Waals surface area contributed by atoms with Crippen molar-refractivity contribution in [3.8, 4) is 16.3 Å². The number of thiophene rings is 1. The molecule has 1 aromatic carbocycles. The predicted molar refractivity (Wildman–Crippen MR) is 108 cm³/mol. The van der Waals surface area contributed by atoms with Crippen LogP contribution >= 0.6 is 22.9 Å². The molecular formula is C19H14F3N3O2S2. The molecule has 4 aromatic rings. The van der Waals surface area contributed by atoms with E-state index in [4.69, 9.17) is 0 Å². The van der Waals surface area contributed by atoms with Crippen molar-refractivity contribution < 1.29 is 13.2 Å². The maximum absolute atomic E-state index is 13.1. The molecule has 3 aromatic heterocycles. The highest BCUT2D eigenvalue weighted by Gasteiger charge is 2.35. The van der Waals surface area contributed by atoms with E-state index >= 15 is 0 Å². The smallest absolute Gasteiger partial charge is 0.292 e. The Morgan fingerprint density at radius 2 is 1.83 bits per heavy atom.